The maximum atomic E-state index is 13.5. The van der Waals surface area contributed by atoms with Crippen molar-refractivity contribution in [3.8, 4) is 23.4 Å². The lowest BCUT2D eigenvalue weighted by Crippen LogP contribution is -2.28. The van der Waals surface area contributed by atoms with Crippen LogP contribution in [0.15, 0.2) is 53.7 Å². The molecule has 0 saturated heterocycles. The van der Waals surface area contributed by atoms with Gasteiger partial charge < -0.3 is 14.9 Å². The van der Waals surface area contributed by atoms with Crippen LogP contribution in [-0.4, -0.2) is 27.4 Å². The lowest BCUT2D eigenvalue weighted by Gasteiger charge is -2.15. The van der Waals surface area contributed by atoms with Crippen molar-refractivity contribution in [2.75, 3.05) is 7.11 Å². The summed E-state index contributed by atoms with van der Waals surface area (Å²) in [5, 5.41) is 17.3. The molecular formula is C23H17ClF3N5O3. The molecule has 2 heterocycles. The number of aromatic nitrogens is 3. The molecule has 0 radical (unpaired) electrons. The number of rotatable bonds is 7. The van der Waals surface area contributed by atoms with E-state index < -0.39 is 23.2 Å². The minimum absolute atomic E-state index is 0.0282. The molecule has 0 bridgehead atoms. The van der Waals surface area contributed by atoms with Crippen LogP contribution in [0.2, 0.25) is 5.02 Å². The zero-order valence-electron chi connectivity index (χ0n) is 18.4. The third-order valence-electron chi connectivity index (χ3n) is 4.62. The topological polar surface area (TPSA) is 114 Å². The number of nitrogens with zero attached hydrogens (tertiary/aromatic N) is 4. The van der Waals surface area contributed by atoms with Crippen molar-refractivity contribution in [2.24, 2.45) is 0 Å². The van der Waals surface area contributed by atoms with Crippen LogP contribution >= 0.6 is 11.6 Å². The summed E-state index contributed by atoms with van der Waals surface area (Å²) in [5.74, 6) is -0.973. The number of halogens is 4. The van der Waals surface area contributed by atoms with E-state index >= 15 is 0 Å². The van der Waals surface area contributed by atoms with Gasteiger partial charge in [0.15, 0.2) is 5.69 Å². The van der Waals surface area contributed by atoms with Gasteiger partial charge in [0.2, 0.25) is 11.6 Å². The summed E-state index contributed by atoms with van der Waals surface area (Å²) in [6.07, 6.45) is -1.31. The van der Waals surface area contributed by atoms with E-state index in [0.717, 1.165) is 16.7 Å². The van der Waals surface area contributed by atoms with Gasteiger partial charge in [-0.2, -0.15) is 18.4 Å². The summed E-state index contributed by atoms with van der Waals surface area (Å²) in [4.78, 5) is 20.3. The van der Waals surface area contributed by atoms with E-state index in [-0.39, 0.29) is 28.6 Å². The van der Waals surface area contributed by atoms with Crippen molar-refractivity contribution >= 4 is 22.9 Å². The largest absolute Gasteiger partial charge is 0.481 e. The van der Waals surface area contributed by atoms with Crippen molar-refractivity contribution in [3.05, 3.63) is 81.1 Å². The molecule has 0 aliphatic rings. The zero-order chi connectivity index (χ0) is 25.8. The summed E-state index contributed by atoms with van der Waals surface area (Å²) < 4.78 is 51.7. The molecule has 8 nitrogen and oxygen atoms in total. The molecule has 1 aromatic carbocycles. The molecule has 3 rings (SSSR count). The molecule has 0 amide bonds. The molecule has 0 fully saturated rings. The summed E-state index contributed by atoms with van der Waals surface area (Å²) >= 11 is 5.88. The van der Waals surface area contributed by atoms with Crippen molar-refractivity contribution < 1.29 is 22.6 Å². The second kappa shape index (κ2) is 10.4. The molecule has 0 aliphatic heterocycles. The first-order valence-corrected chi connectivity index (χ1v) is 10.2. The number of pyridine rings is 1. The van der Waals surface area contributed by atoms with E-state index in [1.165, 1.54) is 25.4 Å². The molecule has 0 unspecified atom stereocenters. The van der Waals surface area contributed by atoms with Gasteiger partial charge in [0.1, 0.15) is 5.75 Å². The van der Waals surface area contributed by atoms with Gasteiger partial charge in [-0.3, -0.25) is 9.36 Å². The molecule has 0 aliphatic carbocycles. The second-order valence-corrected chi connectivity index (χ2v) is 7.62. The minimum atomic E-state index is -4.99. The number of nitrogens with one attached hydrogen (secondary N) is 1. The quantitative estimate of drug-likeness (QED) is 0.448. The van der Waals surface area contributed by atoms with Gasteiger partial charge in [0, 0.05) is 17.3 Å². The Morgan fingerprint density at radius 3 is 2.69 bits per heavy atom. The van der Waals surface area contributed by atoms with Crippen LogP contribution in [0.25, 0.3) is 5.57 Å². The van der Waals surface area contributed by atoms with Crippen molar-refractivity contribution in [1.29, 1.82) is 10.7 Å². The maximum absolute atomic E-state index is 13.5. The van der Waals surface area contributed by atoms with Crippen molar-refractivity contribution in [1.82, 2.24) is 14.5 Å². The molecule has 3 aromatic rings. The number of methoxy groups -OCH3 is 1. The van der Waals surface area contributed by atoms with Gasteiger partial charge in [-0.15, -0.1) is 0 Å². The van der Waals surface area contributed by atoms with Gasteiger partial charge in [-0.05, 0) is 48.4 Å². The van der Waals surface area contributed by atoms with Crippen molar-refractivity contribution in [3.63, 3.8) is 0 Å². The van der Waals surface area contributed by atoms with Crippen molar-refractivity contribution in [2.45, 2.75) is 19.6 Å². The standard InChI is InChI=1S/C23H17ClF3N5O3/c1-13(15-3-4-30-19(8-15)34-2)5-17(29)11-32-12-31-21(23(25,26)27)20(22(32)33)35-18-7-14(10-28)6-16(24)9-18/h3-9,12,29H,11H2,1-2H3/b13-5+,29-17?. The van der Waals surface area contributed by atoms with E-state index in [2.05, 4.69) is 9.97 Å². The van der Waals surface area contributed by atoms with E-state index in [1.54, 1.807) is 25.1 Å². The van der Waals surface area contributed by atoms with Crippen LogP contribution in [0.4, 0.5) is 13.2 Å². The van der Waals surface area contributed by atoms with E-state index in [1.807, 2.05) is 0 Å². The summed E-state index contributed by atoms with van der Waals surface area (Å²) in [6, 6.07) is 8.73. The molecule has 0 atom stereocenters. The predicted molar refractivity (Wildman–Crippen MR) is 122 cm³/mol. The monoisotopic (exact) mass is 503 g/mol. The summed E-state index contributed by atoms with van der Waals surface area (Å²) in [5.41, 5.74) is -1.41. The van der Waals surface area contributed by atoms with Crippen LogP contribution in [0, 0.1) is 16.7 Å². The van der Waals surface area contributed by atoms with Crippen LogP contribution in [0.3, 0.4) is 0 Å². The Morgan fingerprint density at radius 2 is 2.03 bits per heavy atom. The third-order valence-corrected chi connectivity index (χ3v) is 4.83. The Hall–Kier alpha value is -4.17. The summed E-state index contributed by atoms with van der Waals surface area (Å²) in [7, 11) is 1.46. The van der Waals surface area contributed by atoms with Crippen LogP contribution in [0.5, 0.6) is 17.4 Å². The molecule has 0 saturated carbocycles. The van der Waals surface area contributed by atoms with Crippen LogP contribution < -0.4 is 15.0 Å². The predicted octanol–water partition coefficient (Wildman–Crippen LogP) is 5.11. The molecule has 12 heteroatoms. The molecule has 2 aromatic heterocycles. The Balaban J connectivity index is 1.97. The van der Waals surface area contributed by atoms with E-state index in [0.29, 0.717) is 23.3 Å². The average Bonchev–Trinajstić information content (AvgIpc) is 2.80. The molecule has 35 heavy (non-hydrogen) atoms. The first-order valence-electron chi connectivity index (χ1n) is 9.83. The first kappa shape index (κ1) is 25.5. The average molecular weight is 504 g/mol. The van der Waals surface area contributed by atoms with Crippen LogP contribution in [0.1, 0.15) is 23.7 Å². The Bertz CT molecular complexity index is 1410. The number of alkyl halides is 3. The fraction of sp³-hybridized carbons (Fsp3) is 0.174. The lowest BCUT2D eigenvalue weighted by atomic mass is 10.1. The fourth-order valence-corrected chi connectivity index (χ4v) is 3.25. The second-order valence-electron chi connectivity index (χ2n) is 7.18. The highest BCUT2D eigenvalue weighted by Crippen LogP contribution is 2.35. The highest BCUT2D eigenvalue weighted by atomic mass is 35.5. The summed E-state index contributed by atoms with van der Waals surface area (Å²) in [6.45, 7) is 1.34. The smallest absolute Gasteiger partial charge is 0.437 e. The molecule has 0 spiro atoms. The van der Waals surface area contributed by atoms with Crippen LogP contribution in [-0.2, 0) is 12.7 Å². The number of benzene rings is 1. The molecule has 1 N–H and O–H groups in total. The Morgan fingerprint density at radius 1 is 1.29 bits per heavy atom. The van der Waals surface area contributed by atoms with Gasteiger partial charge in [-0.25, -0.2) is 9.97 Å². The Kier molecular flexibility index (Phi) is 7.56. The van der Waals surface area contributed by atoms with E-state index in [9.17, 15) is 18.0 Å². The highest BCUT2D eigenvalue weighted by molar-refractivity contribution is 6.30. The number of hydrogen-bond donors (Lipinski definition) is 1. The highest BCUT2D eigenvalue weighted by Gasteiger charge is 2.38. The molecule has 180 valence electrons. The zero-order valence-corrected chi connectivity index (χ0v) is 19.1. The van der Waals surface area contributed by atoms with E-state index in [4.69, 9.17) is 31.7 Å². The number of ether oxygens (including phenoxy) is 2. The molecular weight excluding hydrogens is 487 g/mol. The van der Waals surface area contributed by atoms with Gasteiger partial charge in [-0.1, -0.05) is 11.6 Å². The lowest BCUT2D eigenvalue weighted by molar-refractivity contribution is -0.142. The third kappa shape index (κ3) is 6.24. The number of allylic oxidation sites excluding steroid dienone is 2. The maximum Gasteiger partial charge on any atom is 0.437 e. The van der Waals surface area contributed by atoms with Gasteiger partial charge in [0.25, 0.3) is 5.56 Å². The number of nitriles is 1. The Labute approximate surface area is 202 Å². The van der Waals surface area contributed by atoms with Gasteiger partial charge >= 0.3 is 6.18 Å². The van der Waals surface area contributed by atoms with Gasteiger partial charge in [0.05, 0.1) is 37.3 Å². The number of hydrogen-bond acceptors (Lipinski definition) is 7. The first-order chi connectivity index (χ1) is 16.5. The normalized spacial score (nSPS) is 11.6. The minimum Gasteiger partial charge on any atom is -0.481 e. The fourth-order valence-electron chi connectivity index (χ4n) is 3.02. The SMILES string of the molecule is COc1cc(/C(C)=C/C(=N)Cn2cnc(C(F)(F)F)c(Oc3cc(Cl)cc(C#N)c3)c2=O)ccn1.